The molecule has 9 nitrogen and oxygen atoms in total. The molecule has 1 aromatic carbocycles. The molecular formula is C34H47N5O4. The zero-order valence-corrected chi connectivity index (χ0v) is 25.5. The molecule has 232 valence electrons. The molecule has 0 unspecified atom stereocenters. The number of anilines is 1. The third-order valence-corrected chi connectivity index (χ3v) is 9.98. The number of benzene rings is 1. The van der Waals surface area contributed by atoms with E-state index in [1.807, 2.05) is 47.5 Å². The molecular weight excluding hydrogens is 542 g/mol. The minimum absolute atomic E-state index is 0.0266. The fraction of sp³-hybridized carbons (Fsp3) is 0.618. The number of carbonyl (C=O) groups is 2. The topological polar surface area (TPSA) is 78.5 Å². The van der Waals surface area contributed by atoms with E-state index in [2.05, 4.69) is 25.8 Å². The van der Waals surface area contributed by atoms with Crippen molar-refractivity contribution in [3.8, 4) is 5.75 Å². The van der Waals surface area contributed by atoms with E-state index in [9.17, 15) is 9.59 Å². The SMILES string of the molecule is O=C(CCN1CCN(c2ccccn2)CC1)N1CCC2(CCCCOC[C@@H]3CCCN3C(=O)c3cccc(c3)OC2)CC1. The zero-order valence-electron chi connectivity index (χ0n) is 25.5. The number of fused-ring (bicyclic) bond motifs is 3. The van der Waals surface area contributed by atoms with Crippen LogP contribution < -0.4 is 9.64 Å². The predicted molar refractivity (Wildman–Crippen MR) is 166 cm³/mol. The molecule has 9 heteroatoms. The molecule has 1 aromatic heterocycles. The second kappa shape index (κ2) is 14.1. The summed E-state index contributed by atoms with van der Waals surface area (Å²) in [5, 5.41) is 0. The van der Waals surface area contributed by atoms with Crippen LogP contribution >= 0.6 is 0 Å². The lowest BCUT2D eigenvalue weighted by atomic mass is 9.75. The number of pyridine rings is 1. The van der Waals surface area contributed by atoms with Gasteiger partial charge in [-0.05, 0) is 68.9 Å². The number of hydrogen-bond acceptors (Lipinski definition) is 7. The summed E-state index contributed by atoms with van der Waals surface area (Å²) >= 11 is 0. The maximum atomic E-state index is 13.3. The third-order valence-electron chi connectivity index (χ3n) is 9.98. The Balaban J connectivity index is 1.01. The van der Waals surface area contributed by atoms with Gasteiger partial charge in [0, 0.05) is 82.6 Å². The van der Waals surface area contributed by atoms with E-state index >= 15 is 0 Å². The Kier molecular flexibility index (Phi) is 9.78. The number of carbonyl (C=O) groups excluding carboxylic acids is 2. The van der Waals surface area contributed by atoms with Gasteiger partial charge >= 0.3 is 0 Å². The summed E-state index contributed by atoms with van der Waals surface area (Å²) in [5.74, 6) is 2.13. The molecule has 0 N–H and O–H groups in total. The quantitative estimate of drug-likeness (QED) is 0.532. The van der Waals surface area contributed by atoms with Crippen molar-refractivity contribution in [1.29, 1.82) is 0 Å². The van der Waals surface area contributed by atoms with Gasteiger partial charge in [0.2, 0.25) is 5.91 Å². The van der Waals surface area contributed by atoms with Crippen LogP contribution in [0.2, 0.25) is 0 Å². The summed E-state index contributed by atoms with van der Waals surface area (Å²) in [6.07, 6.45) is 9.48. The van der Waals surface area contributed by atoms with Gasteiger partial charge in [-0.1, -0.05) is 18.6 Å². The monoisotopic (exact) mass is 589 g/mol. The Morgan fingerprint density at radius 2 is 1.79 bits per heavy atom. The first kappa shape index (κ1) is 29.9. The van der Waals surface area contributed by atoms with Gasteiger partial charge in [-0.25, -0.2) is 4.98 Å². The van der Waals surface area contributed by atoms with Gasteiger partial charge < -0.3 is 24.2 Å². The highest BCUT2D eigenvalue weighted by Gasteiger charge is 2.37. The average molecular weight is 590 g/mol. The van der Waals surface area contributed by atoms with Crippen LogP contribution in [0.25, 0.3) is 0 Å². The van der Waals surface area contributed by atoms with Gasteiger partial charge in [-0.3, -0.25) is 14.5 Å². The van der Waals surface area contributed by atoms with Crippen LogP contribution in [0.1, 0.15) is 61.7 Å². The van der Waals surface area contributed by atoms with Crippen molar-refractivity contribution in [3.05, 3.63) is 54.2 Å². The number of hydrogen-bond donors (Lipinski definition) is 0. The van der Waals surface area contributed by atoms with Crippen LogP contribution in [-0.4, -0.2) is 110 Å². The number of aromatic nitrogens is 1. The van der Waals surface area contributed by atoms with E-state index in [0.717, 1.165) is 115 Å². The number of likely N-dealkylation sites (tertiary alicyclic amines) is 1. The maximum Gasteiger partial charge on any atom is 0.254 e. The fourth-order valence-electron chi connectivity index (χ4n) is 7.17. The Labute approximate surface area is 256 Å². The van der Waals surface area contributed by atoms with Gasteiger partial charge in [0.1, 0.15) is 11.6 Å². The molecule has 4 aliphatic rings. The second-order valence-electron chi connectivity index (χ2n) is 12.8. The van der Waals surface area contributed by atoms with Crippen LogP contribution in [0.15, 0.2) is 48.7 Å². The van der Waals surface area contributed by atoms with Crippen molar-refractivity contribution in [2.75, 3.05) is 77.1 Å². The molecule has 2 amide bonds. The molecule has 4 aliphatic heterocycles. The molecule has 3 saturated heterocycles. The highest BCUT2D eigenvalue weighted by atomic mass is 16.5. The molecule has 0 saturated carbocycles. The molecule has 3 fully saturated rings. The van der Waals surface area contributed by atoms with Crippen molar-refractivity contribution >= 4 is 17.6 Å². The Morgan fingerprint density at radius 3 is 2.60 bits per heavy atom. The van der Waals surface area contributed by atoms with Crippen LogP contribution in [-0.2, 0) is 9.53 Å². The van der Waals surface area contributed by atoms with Gasteiger partial charge in [0.25, 0.3) is 5.91 Å². The van der Waals surface area contributed by atoms with E-state index < -0.39 is 0 Å². The normalized spacial score (nSPS) is 23.8. The molecule has 2 bridgehead atoms. The van der Waals surface area contributed by atoms with Crippen molar-refractivity contribution in [2.45, 2.75) is 57.4 Å². The highest BCUT2D eigenvalue weighted by Crippen LogP contribution is 2.38. The first-order valence-corrected chi connectivity index (χ1v) is 16.4. The molecule has 1 atom stereocenters. The smallest absolute Gasteiger partial charge is 0.254 e. The predicted octanol–water partition coefficient (Wildman–Crippen LogP) is 4.09. The molecule has 43 heavy (non-hydrogen) atoms. The molecule has 2 aromatic rings. The van der Waals surface area contributed by atoms with Gasteiger partial charge in [0.15, 0.2) is 0 Å². The first-order chi connectivity index (χ1) is 21.1. The van der Waals surface area contributed by atoms with Gasteiger partial charge in [-0.2, -0.15) is 0 Å². The first-order valence-electron chi connectivity index (χ1n) is 16.4. The van der Waals surface area contributed by atoms with E-state index in [4.69, 9.17) is 9.47 Å². The zero-order chi connectivity index (χ0) is 29.5. The summed E-state index contributed by atoms with van der Waals surface area (Å²) in [4.78, 5) is 39.8. The van der Waals surface area contributed by atoms with Crippen molar-refractivity contribution in [1.82, 2.24) is 19.7 Å². The minimum atomic E-state index is 0.0266. The Bertz CT molecular complexity index is 1210. The van der Waals surface area contributed by atoms with Crippen LogP contribution in [0.3, 0.4) is 0 Å². The highest BCUT2D eigenvalue weighted by molar-refractivity contribution is 5.95. The number of nitrogens with zero attached hydrogens (tertiary/aromatic N) is 5. The van der Waals surface area contributed by atoms with Crippen LogP contribution in [0.4, 0.5) is 5.82 Å². The fourth-order valence-corrected chi connectivity index (χ4v) is 7.17. The average Bonchev–Trinajstić information content (AvgIpc) is 3.53. The molecule has 0 radical (unpaired) electrons. The molecule has 6 rings (SSSR count). The lowest BCUT2D eigenvalue weighted by Gasteiger charge is -2.42. The maximum absolute atomic E-state index is 13.3. The standard InChI is InChI=1S/C34H47N5O4/c40-32(11-17-36-20-22-37(23-21-36)31-10-1-3-15-35-31)38-18-13-34(14-19-38)12-2-4-24-42-26-29-8-6-16-39(29)33(41)28-7-5-9-30(25-28)43-27-34/h1,3,5,7,9-10,15,25,29H,2,4,6,8,11-14,16-24,26-27H2/t29-/m0/s1. The number of ether oxygens (including phenoxy) is 2. The van der Waals surface area contributed by atoms with Crippen LogP contribution in [0.5, 0.6) is 5.75 Å². The lowest BCUT2D eigenvalue weighted by molar-refractivity contribution is -0.134. The largest absolute Gasteiger partial charge is 0.493 e. The van der Waals surface area contributed by atoms with E-state index in [0.29, 0.717) is 25.2 Å². The van der Waals surface area contributed by atoms with Crippen molar-refractivity contribution < 1.29 is 19.1 Å². The third kappa shape index (κ3) is 7.50. The van der Waals surface area contributed by atoms with Crippen molar-refractivity contribution in [3.63, 3.8) is 0 Å². The van der Waals surface area contributed by atoms with Crippen molar-refractivity contribution in [2.24, 2.45) is 5.41 Å². The van der Waals surface area contributed by atoms with Crippen LogP contribution in [0, 0.1) is 5.41 Å². The van der Waals surface area contributed by atoms with Gasteiger partial charge in [-0.15, -0.1) is 0 Å². The minimum Gasteiger partial charge on any atom is -0.493 e. The Morgan fingerprint density at radius 1 is 0.930 bits per heavy atom. The van der Waals surface area contributed by atoms with Gasteiger partial charge in [0.05, 0.1) is 19.3 Å². The van der Waals surface area contributed by atoms with E-state index in [-0.39, 0.29) is 23.3 Å². The second-order valence-corrected chi connectivity index (χ2v) is 12.8. The summed E-state index contributed by atoms with van der Waals surface area (Å²) in [7, 11) is 0. The van der Waals surface area contributed by atoms with E-state index in [1.165, 1.54) is 0 Å². The number of amides is 2. The summed E-state index contributed by atoms with van der Waals surface area (Å²) < 4.78 is 12.5. The molecule has 0 aliphatic carbocycles. The summed E-state index contributed by atoms with van der Waals surface area (Å²) in [6.45, 7) is 8.92. The molecule has 5 heterocycles. The molecule has 1 spiro atoms. The number of rotatable bonds is 4. The number of piperazine rings is 1. The summed E-state index contributed by atoms with van der Waals surface area (Å²) in [6, 6.07) is 13.9. The number of piperidine rings is 1. The summed E-state index contributed by atoms with van der Waals surface area (Å²) in [5.41, 5.74) is 0.714. The van der Waals surface area contributed by atoms with E-state index in [1.54, 1.807) is 0 Å². The lowest BCUT2D eigenvalue weighted by Crippen LogP contribution is -2.49. The Hall–Kier alpha value is -3.17.